The Kier molecular flexibility index (Phi) is 4.61. The van der Waals surface area contributed by atoms with E-state index >= 15 is 0 Å². The van der Waals surface area contributed by atoms with Gasteiger partial charge in [0.25, 0.3) is 5.56 Å². The van der Waals surface area contributed by atoms with Crippen LogP contribution in [0.3, 0.4) is 0 Å². The third kappa shape index (κ3) is 3.30. The number of carbonyl (C=O) groups excluding carboxylic acids is 1. The Bertz CT molecular complexity index is 841. The normalized spacial score (nSPS) is 17.7. The molecule has 1 N–H and O–H groups in total. The Balaban J connectivity index is 1.72. The lowest BCUT2D eigenvalue weighted by Gasteiger charge is -2.33. The molecule has 1 atom stereocenters. The van der Waals surface area contributed by atoms with Crippen LogP contribution >= 0.6 is 0 Å². The van der Waals surface area contributed by atoms with Gasteiger partial charge in [0.15, 0.2) is 0 Å². The van der Waals surface area contributed by atoms with Gasteiger partial charge in [0.2, 0.25) is 5.91 Å². The molecule has 3 rings (SSSR count). The van der Waals surface area contributed by atoms with Crippen molar-refractivity contribution in [1.29, 1.82) is 0 Å². The number of H-pyrrole nitrogens is 1. The number of hydrogen-bond acceptors (Lipinski definition) is 4. The molecule has 1 saturated heterocycles. The second-order valence-corrected chi connectivity index (χ2v) is 5.77. The predicted molar refractivity (Wildman–Crippen MR) is 87.7 cm³/mol. The highest BCUT2D eigenvalue weighted by molar-refractivity contribution is 5.78. The van der Waals surface area contributed by atoms with Crippen LogP contribution < -0.4 is 11.2 Å². The van der Waals surface area contributed by atoms with Crippen LogP contribution in [0.15, 0.2) is 46.1 Å². The summed E-state index contributed by atoms with van der Waals surface area (Å²) >= 11 is 0. The average Bonchev–Trinajstić information content (AvgIpc) is 2.63. The molecular formula is C17H19N3O4. The average molecular weight is 329 g/mol. The number of aromatic amines is 1. The molecule has 2 aromatic rings. The third-order valence-corrected chi connectivity index (χ3v) is 4.19. The van der Waals surface area contributed by atoms with Crippen molar-refractivity contribution < 1.29 is 9.53 Å². The number of amides is 1. The maximum absolute atomic E-state index is 12.5. The van der Waals surface area contributed by atoms with Gasteiger partial charge in [-0.2, -0.15) is 0 Å². The Hall–Kier alpha value is -2.67. The minimum atomic E-state index is -0.494. The fourth-order valence-electron chi connectivity index (χ4n) is 2.76. The molecule has 0 radical (unpaired) electrons. The first-order valence-electron chi connectivity index (χ1n) is 7.78. The molecule has 1 aliphatic rings. The van der Waals surface area contributed by atoms with Gasteiger partial charge in [-0.3, -0.25) is 14.2 Å². The summed E-state index contributed by atoms with van der Waals surface area (Å²) in [6.07, 6.45) is 1.12. The highest BCUT2D eigenvalue weighted by Crippen LogP contribution is 2.22. The summed E-state index contributed by atoms with van der Waals surface area (Å²) in [6, 6.07) is 9.74. The lowest BCUT2D eigenvalue weighted by molar-refractivity contribution is -0.138. The number of aromatic nitrogens is 2. The van der Waals surface area contributed by atoms with Crippen LogP contribution in [0.1, 0.15) is 17.2 Å². The molecule has 7 heteroatoms. The van der Waals surface area contributed by atoms with Crippen molar-refractivity contribution in [3.8, 4) is 0 Å². The fraction of sp³-hybridized carbons (Fsp3) is 0.353. The van der Waals surface area contributed by atoms with Gasteiger partial charge in [-0.1, -0.05) is 30.3 Å². The van der Waals surface area contributed by atoms with E-state index in [-0.39, 0.29) is 24.0 Å². The van der Waals surface area contributed by atoms with Gasteiger partial charge < -0.3 is 14.6 Å². The maximum atomic E-state index is 12.5. The molecule has 24 heavy (non-hydrogen) atoms. The van der Waals surface area contributed by atoms with Crippen LogP contribution in [0.2, 0.25) is 0 Å². The van der Waals surface area contributed by atoms with Crippen molar-refractivity contribution in [3.05, 3.63) is 68.5 Å². The zero-order valence-electron chi connectivity index (χ0n) is 13.4. The van der Waals surface area contributed by atoms with Crippen LogP contribution in [-0.4, -0.2) is 40.1 Å². The van der Waals surface area contributed by atoms with Crippen LogP contribution in [0, 0.1) is 0 Å². The number of hydrogen-bond donors (Lipinski definition) is 1. The summed E-state index contributed by atoms with van der Waals surface area (Å²) in [4.78, 5) is 40.1. The van der Waals surface area contributed by atoms with E-state index in [2.05, 4.69) is 4.98 Å². The van der Waals surface area contributed by atoms with Crippen molar-refractivity contribution in [2.45, 2.75) is 12.5 Å². The minimum Gasteiger partial charge on any atom is -0.370 e. The van der Waals surface area contributed by atoms with Gasteiger partial charge in [0.1, 0.15) is 6.10 Å². The summed E-state index contributed by atoms with van der Waals surface area (Å²) in [5.74, 6) is -0.150. The number of carbonyl (C=O) groups is 1. The van der Waals surface area contributed by atoms with Crippen molar-refractivity contribution in [3.63, 3.8) is 0 Å². The SMILES string of the molecule is Cn1c(=O)[nH]cc(CC(=O)N2CCO[C@@H](c3ccccc3)C2)c1=O. The second kappa shape index (κ2) is 6.84. The molecule has 1 fully saturated rings. The number of rotatable bonds is 3. The van der Waals surface area contributed by atoms with Crippen LogP contribution in [0.25, 0.3) is 0 Å². The molecule has 7 nitrogen and oxygen atoms in total. The maximum Gasteiger partial charge on any atom is 0.328 e. The number of benzene rings is 1. The number of ether oxygens (including phenoxy) is 1. The standard InChI is InChI=1S/C17H19N3O4/c1-19-16(22)13(10-18-17(19)23)9-15(21)20-7-8-24-14(11-20)12-5-3-2-4-6-12/h2-6,10,14H,7-9,11H2,1H3,(H,18,23)/t14-/m1/s1. The van der Waals surface area contributed by atoms with Gasteiger partial charge in [-0.15, -0.1) is 0 Å². The second-order valence-electron chi connectivity index (χ2n) is 5.77. The first-order chi connectivity index (χ1) is 11.6. The van der Waals surface area contributed by atoms with E-state index in [0.29, 0.717) is 19.7 Å². The van der Waals surface area contributed by atoms with Crippen LogP contribution in [0.4, 0.5) is 0 Å². The molecule has 0 bridgehead atoms. The van der Waals surface area contributed by atoms with E-state index in [1.807, 2.05) is 30.3 Å². The Morgan fingerprint density at radius 2 is 2.04 bits per heavy atom. The Morgan fingerprint density at radius 1 is 1.29 bits per heavy atom. The topological polar surface area (TPSA) is 84.4 Å². The molecule has 2 heterocycles. The number of nitrogens with zero attached hydrogens (tertiary/aromatic N) is 2. The van der Waals surface area contributed by atoms with Crippen molar-refractivity contribution >= 4 is 5.91 Å². The fourth-order valence-corrected chi connectivity index (χ4v) is 2.76. The quantitative estimate of drug-likeness (QED) is 0.873. The first kappa shape index (κ1) is 16.2. The van der Waals surface area contributed by atoms with E-state index in [0.717, 1.165) is 10.1 Å². The third-order valence-electron chi connectivity index (χ3n) is 4.19. The molecule has 1 aromatic heterocycles. The molecular weight excluding hydrogens is 310 g/mol. The van der Waals surface area contributed by atoms with Crippen molar-refractivity contribution in [1.82, 2.24) is 14.5 Å². The van der Waals surface area contributed by atoms with E-state index in [1.54, 1.807) is 4.90 Å². The molecule has 0 aliphatic carbocycles. The van der Waals surface area contributed by atoms with Crippen molar-refractivity contribution in [2.24, 2.45) is 7.05 Å². The van der Waals surface area contributed by atoms with Crippen molar-refractivity contribution in [2.75, 3.05) is 19.7 Å². The van der Waals surface area contributed by atoms with Gasteiger partial charge in [-0.25, -0.2) is 4.79 Å². The predicted octanol–water partition coefficient (Wildman–Crippen LogP) is 0.216. The minimum absolute atomic E-state index is 0.0367. The van der Waals surface area contributed by atoms with Gasteiger partial charge in [-0.05, 0) is 5.56 Å². The Morgan fingerprint density at radius 3 is 2.79 bits per heavy atom. The summed E-state index contributed by atoms with van der Waals surface area (Å²) < 4.78 is 6.71. The molecule has 1 amide bonds. The molecule has 1 aliphatic heterocycles. The first-order valence-corrected chi connectivity index (χ1v) is 7.78. The van der Waals surface area contributed by atoms with E-state index < -0.39 is 11.2 Å². The lowest BCUT2D eigenvalue weighted by Crippen LogP contribution is -2.44. The molecule has 0 spiro atoms. The highest BCUT2D eigenvalue weighted by Gasteiger charge is 2.25. The number of nitrogens with one attached hydrogen (secondary N) is 1. The summed E-state index contributed by atoms with van der Waals surface area (Å²) in [5, 5.41) is 0. The number of morpholine rings is 1. The van der Waals surface area contributed by atoms with E-state index in [1.165, 1.54) is 13.2 Å². The zero-order valence-corrected chi connectivity index (χ0v) is 13.4. The van der Waals surface area contributed by atoms with Gasteiger partial charge in [0.05, 0.1) is 19.6 Å². The van der Waals surface area contributed by atoms with E-state index in [4.69, 9.17) is 4.74 Å². The largest absolute Gasteiger partial charge is 0.370 e. The van der Waals surface area contributed by atoms with Crippen LogP contribution in [-0.2, 0) is 23.0 Å². The molecule has 0 saturated carbocycles. The zero-order chi connectivity index (χ0) is 17.1. The Labute approximate surface area is 138 Å². The van der Waals surface area contributed by atoms with Gasteiger partial charge >= 0.3 is 5.69 Å². The monoisotopic (exact) mass is 329 g/mol. The van der Waals surface area contributed by atoms with E-state index in [9.17, 15) is 14.4 Å². The molecule has 126 valence electrons. The smallest absolute Gasteiger partial charge is 0.328 e. The summed E-state index contributed by atoms with van der Waals surface area (Å²) in [5.41, 5.74) is 0.367. The summed E-state index contributed by atoms with van der Waals surface area (Å²) in [6.45, 7) is 1.40. The molecule has 1 aromatic carbocycles. The molecule has 0 unspecified atom stereocenters. The van der Waals surface area contributed by atoms with Gasteiger partial charge in [0, 0.05) is 25.4 Å². The van der Waals surface area contributed by atoms with Crippen LogP contribution in [0.5, 0.6) is 0 Å². The lowest BCUT2D eigenvalue weighted by atomic mass is 10.1. The highest BCUT2D eigenvalue weighted by atomic mass is 16.5. The summed E-state index contributed by atoms with van der Waals surface area (Å²) in [7, 11) is 1.38.